The molecule has 4 aromatic rings. The summed E-state index contributed by atoms with van der Waals surface area (Å²) < 4.78 is 0.974. The second kappa shape index (κ2) is 8.54. The Morgan fingerprint density at radius 2 is 2.00 bits per heavy atom. The molecule has 9 nitrogen and oxygen atoms in total. The van der Waals surface area contributed by atoms with E-state index in [0.717, 1.165) is 39.7 Å². The van der Waals surface area contributed by atoms with E-state index >= 15 is 0 Å². The highest BCUT2D eigenvalue weighted by Gasteiger charge is 2.42. The monoisotopic (exact) mass is 486 g/mol. The molecule has 2 fully saturated rings. The summed E-state index contributed by atoms with van der Waals surface area (Å²) in [6, 6.07) is 12.6. The second-order valence-corrected chi connectivity index (χ2v) is 10.4. The molecule has 5 heterocycles. The molecule has 2 bridgehead atoms. The minimum Gasteiger partial charge on any atom is -0.351 e. The maximum Gasteiger partial charge on any atom is 0.253 e. The topological polar surface area (TPSA) is 90.4 Å². The summed E-state index contributed by atoms with van der Waals surface area (Å²) in [5, 5.41) is 4.09. The molecule has 35 heavy (non-hydrogen) atoms. The van der Waals surface area contributed by atoms with E-state index in [9.17, 15) is 4.79 Å². The van der Waals surface area contributed by atoms with Crippen molar-refractivity contribution in [3.63, 3.8) is 0 Å². The third-order valence-corrected chi connectivity index (χ3v) is 7.78. The Morgan fingerprint density at radius 3 is 2.77 bits per heavy atom. The number of carbonyl (C=O) groups excluding carboxylic acids is 1. The van der Waals surface area contributed by atoms with E-state index in [4.69, 9.17) is 9.97 Å². The molecule has 6 rings (SSSR count). The van der Waals surface area contributed by atoms with E-state index in [1.54, 1.807) is 36.5 Å². The highest BCUT2D eigenvalue weighted by Crippen LogP contribution is 2.34. The van der Waals surface area contributed by atoms with E-state index in [0.29, 0.717) is 29.4 Å². The number of likely N-dealkylation sites (tertiary alicyclic amines) is 1. The quantitative estimate of drug-likeness (QED) is 0.459. The lowest BCUT2D eigenvalue weighted by atomic mass is 10.1. The first-order valence-electron chi connectivity index (χ1n) is 11.6. The van der Waals surface area contributed by atoms with Gasteiger partial charge in [-0.15, -0.1) is 11.3 Å². The minimum atomic E-state index is -0.0304. The number of benzene rings is 1. The number of hydrogen-bond donors (Lipinski definition) is 1. The molecule has 2 aliphatic heterocycles. The lowest BCUT2D eigenvalue weighted by molar-refractivity contribution is 0.0827. The fourth-order valence-electron chi connectivity index (χ4n) is 4.90. The molecule has 2 saturated heterocycles. The number of thiazole rings is 1. The first kappa shape index (κ1) is 21.9. The Bertz CT molecular complexity index is 1420. The Labute approximate surface area is 207 Å². The molecule has 0 saturated carbocycles. The molecule has 2 atom stereocenters. The summed E-state index contributed by atoms with van der Waals surface area (Å²) in [5.74, 6) is 2.09. The number of likely N-dealkylation sites (N-methyl/N-ethyl adjacent to an activating group) is 1. The maximum absolute atomic E-state index is 12.4. The van der Waals surface area contributed by atoms with E-state index in [2.05, 4.69) is 32.1 Å². The molecule has 3 aromatic heterocycles. The van der Waals surface area contributed by atoms with Crippen molar-refractivity contribution in [1.82, 2.24) is 29.7 Å². The predicted molar refractivity (Wildman–Crippen MR) is 138 cm³/mol. The molecular formula is C25H26N8OS. The highest BCUT2D eigenvalue weighted by molar-refractivity contribution is 7.21. The van der Waals surface area contributed by atoms with Crippen LogP contribution in [0.1, 0.15) is 16.8 Å². The average Bonchev–Trinajstić information content (AvgIpc) is 3.57. The van der Waals surface area contributed by atoms with Crippen molar-refractivity contribution in [1.29, 1.82) is 0 Å². The number of rotatable bonds is 5. The van der Waals surface area contributed by atoms with Crippen molar-refractivity contribution in [2.75, 3.05) is 44.4 Å². The first-order chi connectivity index (χ1) is 16.9. The zero-order valence-corrected chi connectivity index (χ0v) is 20.7. The van der Waals surface area contributed by atoms with Gasteiger partial charge in [0.1, 0.15) is 16.6 Å². The van der Waals surface area contributed by atoms with Gasteiger partial charge in [0.15, 0.2) is 0 Å². The minimum absolute atomic E-state index is 0.0304. The zero-order valence-electron chi connectivity index (χ0n) is 19.8. The van der Waals surface area contributed by atoms with Gasteiger partial charge in [-0.25, -0.2) is 15.0 Å². The zero-order chi connectivity index (χ0) is 24.1. The largest absolute Gasteiger partial charge is 0.351 e. The van der Waals surface area contributed by atoms with Crippen LogP contribution in [0.2, 0.25) is 0 Å². The molecule has 0 radical (unpaired) electrons. The van der Waals surface area contributed by atoms with Crippen molar-refractivity contribution in [3.8, 4) is 10.6 Å². The number of amides is 1. The second-order valence-electron chi connectivity index (χ2n) is 9.34. The number of aromatic nitrogens is 4. The molecular weight excluding hydrogens is 460 g/mol. The fraction of sp³-hybridized carbons (Fsp3) is 0.320. The Hall–Kier alpha value is -3.63. The molecule has 2 aliphatic rings. The van der Waals surface area contributed by atoms with Gasteiger partial charge in [-0.1, -0.05) is 12.1 Å². The third-order valence-electron chi connectivity index (χ3n) is 6.73. The van der Waals surface area contributed by atoms with Gasteiger partial charge in [0.05, 0.1) is 10.2 Å². The van der Waals surface area contributed by atoms with Gasteiger partial charge in [-0.2, -0.15) is 4.98 Å². The van der Waals surface area contributed by atoms with E-state index in [-0.39, 0.29) is 5.91 Å². The molecule has 1 aromatic carbocycles. The van der Waals surface area contributed by atoms with Crippen LogP contribution in [0.3, 0.4) is 0 Å². The van der Waals surface area contributed by atoms with Crippen LogP contribution in [-0.2, 0) is 0 Å². The maximum atomic E-state index is 12.4. The molecule has 0 spiro atoms. The van der Waals surface area contributed by atoms with Gasteiger partial charge >= 0.3 is 0 Å². The van der Waals surface area contributed by atoms with Crippen molar-refractivity contribution in [2.45, 2.75) is 18.5 Å². The van der Waals surface area contributed by atoms with Crippen LogP contribution in [0.4, 0.5) is 17.6 Å². The standard InChI is InChI=1S/C25H26N8OS/c1-31(2)24(34)16-6-4-5-15(9-16)23-28-19-11-21(27-12-20(19)35-23)29-25-26-8-7-22(30-25)33-14-17-10-18(33)13-32(17)3/h4-9,11-12,17-18H,10,13-14H2,1-3H3,(H,26,27,29,30)/t17-,18-/m0/s1. The summed E-state index contributed by atoms with van der Waals surface area (Å²) in [6.07, 6.45) is 4.80. The Morgan fingerprint density at radius 1 is 1.11 bits per heavy atom. The number of carbonyl (C=O) groups is 1. The highest BCUT2D eigenvalue weighted by atomic mass is 32.1. The molecule has 10 heteroatoms. The van der Waals surface area contributed by atoms with Crippen LogP contribution in [0, 0.1) is 0 Å². The first-order valence-corrected chi connectivity index (χ1v) is 12.4. The number of pyridine rings is 1. The van der Waals surface area contributed by atoms with E-state index < -0.39 is 0 Å². The van der Waals surface area contributed by atoms with E-state index in [1.807, 2.05) is 42.6 Å². The van der Waals surface area contributed by atoms with Crippen molar-refractivity contribution in [2.24, 2.45) is 0 Å². The average molecular weight is 487 g/mol. The van der Waals surface area contributed by atoms with Crippen LogP contribution in [0.25, 0.3) is 20.8 Å². The number of fused-ring (bicyclic) bond motifs is 3. The summed E-state index contributed by atoms with van der Waals surface area (Å²) in [7, 11) is 5.70. The van der Waals surface area contributed by atoms with Crippen molar-refractivity contribution >= 4 is 45.0 Å². The van der Waals surface area contributed by atoms with Gasteiger partial charge in [-0.3, -0.25) is 9.69 Å². The summed E-state index contributed by atoms with van der Waals surface area (Å²) >= 11 is 1.55. The van der Waals surface area contributed by atoms with Crippen molar-refractivity contribution in [3.05, 3.63) is 54.4 Å². The van der Waals surface area contributed by atoms with Crippen LogP contribution in [0.5, 0.6) is 0 Å². The van der Waals surface area contributed by atoms with Crippen LogP contribution < -0.4 is 10.2 Å². The fourth-order valence-corrected chi connectivity index (χ4v) is 5.81. The number of anilines is 3. The third kappa shape index (κ3) is 4.08. The lowest BCUT2D eigenvalue weighted by Crippen LogP contribution is -2.44. The SMILES string of the molecule is CN(C)C(=O)c1cccc(-c2nc3cc(Nc4nccc(N5C[C@@H]6C[C@H]5CN6C)n4)ncc3s2)c1. The molecule has 0 aliphatic carbocycles. The molecule has 0 unspecified atom stereocenters. The van der Waals surface area contributed by atoms with Gasteiger partial charge in [0.2, 0.25) is 5.95 Å². The molecule has 1 N–H and O–H groups in total. The van der Waals surface area contributed by atoms with Gasteiger partial charge in [0, 0.05) is 68.9 Å². The molecule has 178 valence electrons. The van der Waals surface area contributed by atoms with Gasteiger partial charge < -0.3 is 15.1 Å². The normalized spacial score (nSPS) is 19.5. The lowest BCUT2D eigenvalue weighted by Gasteiger charge is -2.32. The predicted octanol–water partition coefficient (Wildman–Crippen LogP) is 3.49. The van der Waals surface area contributed by atoms with Crippen LogP contribution in [0.15, 0.2) is 48.8 Å². The number of piperazine rings is 1. The number of nitrogens with zero attached hydrogens (tertiary/aromatic N) is 7. The van der Waals surface area contributed by atoms with Crippen LogP contribution >= 0.6 is 11.3 Å². The summed E-state index contributed by atoms with van der Waals surface area (Å²) in [5.41, 5.74) is 2.39. The number of nitrogens with one attached hydrogen (secondary N) is 1. The van der Waals surface area contributed by atoms with E-state index in [1.165, 1.54) is 6.42 Å². The Kier molecular flexibility index (Phi) is 5.34. The molecule has 1 amide bonds. The summed E-state index contributed by atoms with van der Waals surface area (Å²) in [4.78, 5) is 37.3. The van der Waals surface area contributed by atoms with Crippen LogP contribution in [-0.4, -0.2) is 82.0 Å². The van der Waals surface area contributed by atoms with Gasteiger partial charge in [0.25, 0.3) is 5.91 Å². The number of hydrogen-bond acceptors (Lipinski definition) is 9. The Balaban J connectivity index is 1.23. The van der Waals surface area contributed by atoms with Gasteiger partial charge in [-0.05, 0) is 31.7 Å². The smallest absolute Gasteiger partial charge is 0.253 e. The van der Waals surface area contributed by atoms with Crippen molar-refractivity contribution < 1.29 is 4.79 Å². The summed E-state index contributed by atoms with van der Waals surface area (Å²) in [6.45, 7) is 2.08.